The van der Waals surface area contributed by atoms with Crippen LogP contribution in [0, 0.1) is 0 Å². The average molecular weight is 362 g/mol. The van der Waals surface area contributed by atoms with Crippen molar-refractivity contribution >= 4 is 33.2 Å². The van der Waals surface area contributed by atoms with Crippen molar-refractivity contribution in [2.75, 3.05) is 29.5 Å². The van der Waals surface area contributed by atoms with Gasteiger partial charge >= 0.3 is 5.97 Å². The number of nitrogens with zero attached hydrogens (tertiary/aromatic N) is 3. The number of carbonyl (C=O) groups excluding carboxylic acids is 1. The van der Waals surface area contributed by atoms with Crippen LogP contribution in [0.4, 0.5) is 17.2 Å². The van der Waals surface area contributed by atoms with Crippen LogP contribution in [0.3, 0.4) is 0 Å². The number of para-hydroxylation sites is 1. The number of hydrogen-bond acceptors (Lipinski definition) is 7. The molecule has 9 heteroatoms. The van der Waals surface area contributed by atoms with E-state index in [-0.39, 0.29) is 11.4 Å². The Balaban J connectivity index is 2.08. The first-order chi connectivity index (χ1) is 11.9. The number of anilines is 3. The maximum Gasteiger partial charge on any atom is 0.343 e. The first-order valence-corrected chi connectivity index (χ1v) is 9.51. The highest BCUT2D eigenvalue weighted by atomic mass is 32.2. The van der Waals surface area contributed by atoms with Gasteiger partial charge in [0.1, 0.15) is 17.7 Å². The Morgan fingerprint density at radius 1 is 1.36 bits per heavy atom. The number of benzene rings is 1. The predicted molar refractivity (Wildman–Crippen MR) is 93.6 cm³/mol. The second kappa shape index (κ2) is 6.67. The van der Waals surface area contributed by atoms with Crippen LogP contribution in [-0.4, -0.2) is 44.3 Å². The molecule has 1 aromatic heterocycles. The summed E-state index contributed by atoms with van der Waals surface area (Å²) in [4.78, 5) is 19.8. The molecule has 132 valence electrons. The summed E-state index contributed by atoms with van der Waals surface area (Å²) in [6, 6.07) is 5.50. The van der Waals surface area contributed by atoms with Crippen molar-refractivity contribution < 1.29 is 17.9 Å². The summed E-state index contributed by atoms with van der Waals surface area (Å²) < 4.78 is 30.5. The summed E-state index contributed by atoms with van der Waals surface area (Å²) in [6.45, 7) is 0.415. The third kappa shape index (κ3) is 3.41. The van der Waals surface area contributed by atoms with Crippen LogP contribution in [0.5, 0.6) is 0 Å². The Morgan fingerprint density at radius 3 is 2.88 bits per heavy atom. The Labute approximate surface area is 145 Å². The maximum atomic E-state index is 12.2. The average Bonchev–Trinajstić information content (AvgIpc) is 2.60. The van der Waals surface area contributed by atoms with Crippen LogP contribution >= 0.6 is 0 Å². The van der Waals surface area contributed by atoms with Crippen molar-refractivity contribution in [1.82, 2.24) is 9.97 Å². The molecule has 1 aromatic carbocycles. The minimum absolute atomic E-state index is 0.171. The van der Waals surface area contributed by atoms with E-state index in [0.717, 1.165) is 18.4 Å². The molecule has 0 spiro atoms. The molecule has 1 aliphatic rings. The molecular formula is C16H18N4O4S. The third-order valence-electron chi connectivity index (χ3n) is 3.95. The van der Waals surface area contributed by atoms with Gasteiger partial charge in [0.25, 0.3) is 0 Å². The molecule has 0 unspecified atom stereocenters. The molecular weight excluding hydrogens is 344 g/mol. The van der Waals surface area contributed by atoms with Crippen LogP contribution < -0.4 is 9.62 Å². The number of esters is 1. The van der Waals surface area contributed by atoms with Gasteiger partial charge in [-0.05, 0) is 24.5 Å². The molecule has 0 aliphatic carbocycles. The number of nitrogens with one attached hydrogen (secondary N) is 1. The molecule has 3 rings (SSSR count). The Hall–Kier alpha value is -2.68. The van der Waals surface area contributed by atoms with E-state index in [0.29, 0.717) is 17.9 Å². The summed E-state index contributed by atoms with van der Waals surface area (Å²) in [5.41, 5.74) is 2.25. The number of sulfonamides is 1. The smallest absolute Gasteiger partial charge is 0.343 e. The second-order valence-corrected chi connectivity index (χ2v) is 7.56. The number of aryl methyl sites for hydroxylation is 1. The van der Waals surface area contributed by atoms with Crippen molar-refractivity contribution in [1.29, 1.82) is 0 Å². The number of methoxy groups -OCH3 is 1. The molecule has 0 saturated heterocycles. The molecule has 0 radical (unpaired) electrons. The minimum atomic E-state index is -3.42. The SMILES string of the molecule is COC(=O)c1cncnc1Nc1cccc2c1N(S(C)(=O)=O)CCC2. The van der Waals surface area contributed by atoms with Crippen molar-refractivity contribution in [2.24, 2.45) is 0 Å². The summed E-state index contributed by atoms with van der Waals surface area (Å²) in [5.74, 6) is -0.317. The zero-order valence-corrected chi connectivity index (χ0v) is 14.7. The lowest BCUT2D eigenvalue weighted by atomic mass is 10.0. The quantitative estimate of drug-likeness (QED) is 0.826. The van der Waals surface area contributed by atoms with Gasteiger partial charge < -0.3 is 10.1 Å². The van der Waals surface area contributed by atoms with Gasteiger partial charge in [-0.1, -0.05) is 12.1 Å². The Kier molecular flexibility index (Phi) is 4.58. The van der Waals surface area contributed by atoms with Crippen LogP contribution in [0.15, 0.2) is 30.7 Å². The zero-order chi connectivity index (χ0) is 18.0. The van der Waals surface area contributed by atoms with Crippen LogP contribution in [0.25, 0.3) is 0 Å². The molecule has 1 N–H and O–H groups in total. The lowest BCUT2D eigenvalue weighted by Gasteiger charge is -2.31. The van der Waals surface area contributed by atoms with E-state index in [9.17, 15) is 13.2 Å². The van der Waals surface area contributed by atoms with E-state index in [1.165, 1.54) is 30.2 Å². The van der Waals surface area contributed by atoms with Gasteiger partial charge in [-0.3, -0.25) is 4.31 Å². The topological polar surface area (TPSA) is 101 Å². The predicted octanol–water partition coefficient (Wildman–Crippen LogP) is 1.72. The molecule has 1 aliphatic heterocycles. The highest BCUT2D eigenvalue weighted by Crippen LogP contribution is 2.37. The lowest BCUT2D eigenvalue weighted by Crippen LogP contribution is -2.35. The standard InChI is InChI=1S/C16H18N4O4S/c1-24-16(21)12-9-17-10-18-15(12)19-13-7-3-5-11-6-4-8-20(14(11)13)25(2,22)23/h3,5,7,9-10H,4,6,8H2,1-2H3,(H,17,18,19). The third-order valence-corrected chi connectivity index (χ3v) is 5.11. The van der Waals surface area contributed by atoms with Gasteiger partial charge in [-0.15, -0.1) is 0 Å². The lowest BCUT2D eigenvalue weighted by molar-refractivity contribution is 0.0601. The second-order valence-electron chi connectivity index (χ2n) is 5.65. The number of rotatable bonds is 4. The highest BCUT2D eigenvalue weighted by Gasteiger charge is 2.27. The summed E-state index contributed by atoms with van der Waals surface area (Å²) >= 11 is 0. The first kappa shape index (κ1) is 17.2. The van der Waals surface area contributed by atoms with Gasteiger partial charge in [-0.25, -0.2) is 23.2 Å². The summed E-state index contributed by atoms with van der Waals surface area (Å²) in [6.07, 6.45) is 5.38. The van der Waals surface area contributed by atoms with Crippen molar-refractivity contribution in [3.05, 3.63) is 41.9 Å². The van der Waals surface area contributed by atoms with Crippen LogP contribution in [0.2, 0.25) is 0 Å². The fraction of sp³-hybridized carbons (Fsp3) is 0.312. The largest absolute Gasteiger partial charge is 0.465 e. The minimum Gasteiger partial charge on any atom is -0.465 e. The molecule has 2 aromatic rings. The van der Waals surface area contributed by atoms with Gasteiger partial charge in [0, 0.05) is 12.7 Å². The van der Waals surface area contributed by atoms with Crippen molar-refractivity contribution in [2.45, 2.75) is 12.8 Å². The summed E-state index contributed by atoms with van der Waals surface area (Å²) in [5, 5.41) is 3.06. The molecule has 0 amide bonds. The summed E-state index contributed by atoms with van der Waals surface area (Å²) in [7, 11) is -2.14. The molecule has 25 heavy (non-hydrogen) atoms. The highest BCUT2D eigenvalue weighted by molar-refractivity contribution is 7.92. The van der Waals surface area contributed by atoms with E-state index in [1.807, 2.05) is 12.1 Å². The molecule has 0 saturated carbocycles. The van der Waals surface area contributed by atoms with Gasteiger partial charge in [0.05, 0.1) is 24.7 Å². The van der Waals surface area contributed by atoms with E-state index < -0.39 is 16.0 Å². The Bertz CT molecular complexity index is 914. The maximum absolute atomic E-state index is 12.2. The van der Waals surface area contributed by atoms with Crippen molar-refractivity contribution in [3.63, 3.8) is 0 Å². The molecule has 0 atom stereocenters. The van der Waals surface area contributed by atoms with Gasteiger partial charge in [-0.2, -0.15) is 0 Å². The van der Waals surface area contributed by atoms with E-state index in [1.54, 1.807) is 6.07 Å². The fourth-order valence-corrected chi connectivity index (χ4v) is 3.87. The monoisotopic (exact) mass is 362 g/mol. The molecule has 2 heterocycles. The normalized spacial score (nSPS) is 13.9. The van der Waals surface area contributed by atoms with E-state index in [2.05, 4.69) is 15.3 Å². The first-order valence-electron chi connectivity index (χ1n) is 7.66. The van der Waals surface area contributed by atoms with Crippen LogP contribution in [0.1, 0.15) is 22.3 Å². The molecule has 0 fully saturated rings. The number of carbonyl (C=O) groups is 1. The van der Waals surface area contributed by atoms with E-state index >= 15 is 0 Å². The van der Waals surface area contributed by atoms with Crippen molar-refractivity contribution in [3.8, 4) is 0 Å². The van der Waals surface area contributed by atoms with Crippen LogP contribution in [-0.2, 0) is 21.2 Å². The fourth-order valence-electron chi connectivity index (χ4n) is 2.86. The number of ether oxygens (including phenoxy) is 1. The number of hydrogen-bond donors (Lipinski definition) is 1. The molecule has 0 bridgehead atoms. The number of fused-ring (bicyclic) bond motifs is 1. The van der Waals surface area contributed by atoms with E-state index in [4.69, 9.17) is 4.74 Å². The molecule has 8 nitrogen and oxygen atoms in total. The number of aromatic nitrogens is 2. The van der Waals surface area contributed by atoms with Gasteiger partial charge in [0.15, 0.2) is 0 Å². The van der Waals surface area contributed by atoms with Gasteiger partial charge in [0.2, 0.25) is 10.0 Å². The zero-order valence-electron chi connectivity index (χ0n) is 13.9. The Morgan fingerprint density at radius 2 is 2.16 bits per heavy atom.